The molecule has 0 aliphatic carbocycles. The van der Waals surface area contributed by atoms with Crippen molar-refractivity contribution in [1.29, 1.82) is 5.26 Å². The summed E-state index contributed by atoms with van der Waals surface area (Å²) < 4.78 is 10.6. The summed E-state index contributed by atoms with van der Waals surface area (Å²) in [5.74, 6) is 0.281. The van der Waals surface area contributed by atoms with E-state index in [4.69, 9.17) is 14.7 Å². The highest BCUT2D eigenvalue weighted by molar-refractivity contribution is 5.74. The van der Waals surface area contributed by atoms with Crippen molar-refractivity contribution in [2.75, 3.05) is 6.61 Å². The lowest BCUT2D eigenvalue weighted by Crippen LogP contribution is -2.18. The van der Waals surface area contributed by atoms with E-state index in [1.807, 2.05) is 48.5 Å². The minimum absolute atomic E-state index is 0.265. The molecule has 4 heteroatoms. The second-order valence-electron chi connectivity index (χ2n) is 5.26. The Labute approximate surface area is 145 Å². The SMILES string of the molecule is N#Cc1ccccc1OCC(=O)Oc1ccc(-c2ccccc2)cc1. The average Bonchev–Trinajstić information content (AvgIpc) is 2.68. The lowest BCUT2D eigenvalue weighted by molar-refractivity contribution is -0.136. The number of carbonyl (C=O) groups is 1. The number of nitrogens with zero attached hydrogens (tertiary/aromatic N) is 1. The van der Waals surface area contributed by atoms with Crippen LogP contribution in [0.4, 0.5) is 0 Å². The van der Waals surface area contributed by atoms with Crippen molar-refractivity contribution in [2.45, 2.75) is 0 Å². The van der Waals surface area contributed by atoms with Gasteiger partial charge in [-0.3, -0.25) is 0 Å². The number of rotatable bonds is 5. The summed E-state index contributed by atoms with van der Waals surface area (Å²) in [7, 11) is 0. The Morgan fingerprint density at radius 1 is 0.840 bits per heavy atom. The van der Waals surface area contributed by atoms with Crippen LogP contribution in [0.2, 0.25) is 0 Å². The topological polar surface area (TPSA) is 59.3 Å². The standard InChI is InChI=1S/C21H15NO3/c22-14-18-8-4-5-9-20(18)24-15-21(23)25-19-12-10-17(11-13-19)16-6-2-1-3-7-16/h1-13H,15H2. The third-order valence-electron chi connectivity index (χ3n) is 3.55. The Hall–Kier alpha value is -3.58. The third kappa shape index (κ3) is 4.24. The van der Waals surface area contributed by atoms with Crippen LogP contribution < -0.4 is 9.47 Å². The minimum Gasteiger partial charge on any atom is -0.481 e. The first-order chi connectivity index (χ1) is 12.3. The molecule has 4 nitrogen and oxygen atoms in total. The van der Waals surface area contributed by atoms with Crippen LogP contribution in [-0.4, -0.2) is 12.6 Å². The zero-order valence-corrected chi connectivity index (χ0v) is 13.4. The molecule has 0 spiro atoms. The summed E-state index contributed by atoms with van der Waals surface area (Å²) in [6.45, 7) is -0.265. The van der Waals surface area contributed by atoms with E-state index in [1.54, 1.807) is 36.4 Å². The molecule has 0 bridgehead atoms. The molecule has 0 aromatic heterocycles. The van der Waals surface area contributed by atoms with Gasteiger partial charge in [0.2, 0.25) is 0 Å². The number of esters is 1. The van der Waals surface area contributed by atoms with Crippen LogP contribution in [0.25, 0.3) is 11.1 Å². The monoisotopic (exact) mass is 329 g/mol. The Balaban J connectivity index is 1.59. The molecule has 3 aromatic carbocycles. The Morgan fingerprint density at radius 2 is 1.48 bits per heavy atom. The van der Waals surface area contributed by atoms with Crippen molar-refractivity contribution < 1.29 is 14.3 Å². The molecule has 0 heterocycles. The summed E-state index contributed by atoms with van der Waals surface area (Å²) in [4.78, 5) is 11.9. The predicted octanol–water partition coefficient (Wildman–Crippen LogP) is 4.21. The van der Waals surface area contributed by atoms with E-state index in [1.165, 1.54) is 0 Å². The van der Waals surface area contributed by atoms with E-state index < -0.39 is 5.97 Å². The van der Waals surface area contributed by atoms with Crippen molar-refractivity contribution in [1.82, 2.24) is 0 Å². The Bertz CT molecular complexity index is 896. The first kappa shape index (κ1) is 16.3. The van der Waals surface area contributed by atoms with Gasteiger partial charge >= 0.3 is 5.97 Å². The Kier molecular flexibility index (Phi) is 5.08. The summed E-state index contributed by atoms with van der Waals surface area (Å²) >= 11 is 0. The normalized spacial score (nSPS) is 9.88. The fourth-order valence-electron chi connectivity index (χ4n) is 2.33. The molecule has 25 heavy (non-hydrogen) atoms. The molecule has 0 saturated carbocycles. The van der Waals surface area contributed by atoms with Crippen LogP contribution in [0.1, 0.15) is 5.56 Å². The van der Waals surface area contributed by atoms with Crippen LogP contribution in [0.5, 0.6) is 11.5 Å². The quantitative estimate of drug-likeness (QED) is 0.520. The van der Waals surface area contributed by atoms with E-state index in [2.05, 4.69) is 0 Å². The largest absolute Gasteiger partial charge is 0.481 e. The van der Waals surface area contributed by atoms with E-state index in [9.17, 15) is 4.79 Å². The van der Waals surface area contributed by atoms with Crippen LogP contribution in [0.3, 0.4) is 0 Å². The zero-order valence-electron chi connectivity index (χ0n) is 13.4. The van der Waals surface area contributed by atoms with Gasteiger partial charge in [0.15, 0.2) is 6.61 Å². The summed E-state index contributed by atoms with van der Waals surface area (Å²) in [5.41, 5.74) is 2.51. The van der Waals surface area contributed by atoms with Crippen LogP contribution in [-0.2, 0) is 4.79 Å². The van der Waals surface area contributed by atoms with Gasteiger partial charge in [-0.05, 0) is 35.4 Å². The highest BCUT2D eigenvalue weighted by Gasteiger charge is 2.09. The number of benzene rings is 3. The van der Waals surface area contributed by atoms with Gasteiger partial charge in [0.1, 0.15) is 17.6 Å². The summed E-state index contributed by atoms with van der Waals surface area (Å²) in [6, 6.07) is 26.0. The molecule has 0 aliphatic rings. The van der Waals surface area contributed by atoms with Gasteiger partial charge in [0.05, 0.1) is 5.56 Å². The second-order valence-corrected chi connectivity index (χ2v) is 5.26. The van der Waals surface area contributed by atoms with Gasteiger partial charge < -0.3 is 9.47 Å². The first-order valence-electron chi connectivity index (χ1n) is 7.74. The first-order valence-corrected chi connectivity index (χ1v) is 7.74. The van der Waals surface area contributed by atoms with Crippen molar-refractivity contribution in [2.24, 2.45) is 0 Å². The fourth-order valence-corrected chi connectivity index (χ4v) is 2.33. The van der Waals surface area contributed by atoms with Gasteiger partial charge in [-0.1, -0.05) is 54.6 Å². The minimum atomic E-state index is -0.528. The molecule has 3 rings (SSSR count). The molecule has 0 atom stereocenters. The molecule has 0 unspecified atom stereocenters. The van der Waals surface area contributed by atoms with Crippen molar-refractivity contribution in [3.63, 3.8) is 0 Å². The van der Waals surface area contributed by atoms with Gasteiger partial charge in [0.25, 0.3) is 0 Å². The van der Waals surface area contributed by atoms with Crippen LogP contribution in [0, 0.1) is 11.3 Å². The maximum absolute atomic E-state index is 11.9. The maximum atomic E-state index is 11.9. The lowest BCUT2D eigenvalue weighted by atomic mass is 10.1. The van der Waals surface area contributed by atoms with Crippen molar-refractivity contribution in [3.05, 3.63) is 84.4 Å². The highest BCUT2D eigenvalue weighted by atomic mass is 16.6. The van der Waals surface area contributed by atoms with E-state index in [-0.39, 0.29) is 6.61 Å². The smallest absolute Gasteiger partial charge is 0.349 e. The zero-order chi connectivity index (χ0) is 17.5. The number of hydrogen-bond donors (Lipinski definition) is 0. The average molecular weight is 329 g/mol. The number of nitriles is 1. The Morgan fingerprint density at radius 3 is 2.20 bits per heavy atom. The maximum Gasteiger partial charge on any atom is 0.349 e. The van der Waals surface area contributed by atoms with E-state index in [0.29, 0.717) is 17.1 Å². The van der Waals surface area contributed by atoms with Gasteiger partial charge in [-0.25, -0.2) is 4.79 Å². The molecule has 0 N–H and O–H groups in total. The molecule has 122 valence electrons. The van der Waals surface area contributed by atoms with Gasteiger partial charge in [0, 0.05) is 0 Å². The molecule has 0 fully saturated rings. The van der Waals surface area contributed by atoms with Crippen LogP contribution >= 0.6 is 0 Å². The van der Waals surface area contributed by atoms with E-state index >= 15 is 0 Å². The van der Waals surface area contributed by atoms with Crippen molar-refractivity contribution in [3.8, 4) is 28.7 Å². The molecule has 3 aromatic rings. The highest BCUT2D eigenvalue weighted by Crippen LogP contribution is 2.22. The predicted molar refractivity (Wildman–Crippen MR) is 94.2 cm³/mol. The number of para-hydroxylation sites is 1. The number of ether oxygens (including phenoxy) is 2. The molecule has 0 aliphatic heterocycles. The molecule has 0 amide bonds. The number of carbonyl (C=O) groups excluding carboxylic acids is 1. The van der Waals surface area contributed by atoms with Gasteiger partial charge in [-0.2, -0.15) is 5.26 Å². The second kappa shape index (κ2) is 7.80. The van der Waals surface area contributed by atoms with Crippen molar-refractivity contribution >= 4 is 5.97 Å². The van der Waals surface area contributed by atoms with Crippen LogP contribution in [0.15, 0.2) is 78.9 Å². The number of hydrogen-bond acceptors (Lipinski definition) is 4. The van der Waals surface area contributed by atoms with Gasteiger partial charge in [-0.15, -0.1) is 0 Å². The fraction of sp³-hybridized carbons (Fsp3) is 0.0476. The molecular formula is C21H15NO3. The molecular weight excluding hydrogens is 314 g/mol. The third-order valence-corrected chi connectivity index (χ3v) is 3.55. The lowest BCUT2D eigenvalue weighted by Gasteiger charge is -2.08. The summed E-state index contributed by atoms with van der Waals surface area (Å²) in [5, 5.41) is 8.99. The molecule has 0 saturated heterocycles. The summed E-state index contributed by atoms with van der Waals surface area (Å²) in [6.07, 6.45) is 0. The molecule has 0 radical (unpaired) electrons. The van der Waals surface area contributed by atoms with E-state index in [0.717, 1.165) is 11.1 Å².